The average molecular weight is 335 g/mol. The number of likely N-dealkylation sites (tertiary alicyclic amines) is 1. The lowest BCUT2D eigenvalue weighted by Gasteiger charge is -2.44. The maximum Gasteiger partial charge on any atom is 0.352 e. The van der Waals surface area contributed by atoms with E-state index in [0.29, 0.717) is 6.42 Å². The quantitative estimate of drug-likeness (QED) is 0.438. The van der Waals surface area contributed by atoms with Gasteiger partial charge in [-0.3, -0.25) is 9.79 Å². The fraction of sp³-hybridized carbons (Fsp3) is 0.706. The molecule has 4 atom stereocenters. The Hall–Kier alpha value is -1.89. The van der Waals surface area contributed by atoms with E-state index in [4.69, 9.17) is 0 Å². The molecule has 0 aliphatic carbocycles. The smallest absolute Gasteiger partial charge is 0.352 e. The maximum atomic E-state index is 12.2. The number of fused-ring (bicyclic) bond motifs is 1. The number of hydrogen-bond acceptors (Lipinski definition) is 4. The van der Waals surface area contributed by atoms with Crippen LogP contribution in [0, 0.1) is 11.8 Å². The van der Waals surface area contributed by atoms with Gasteiger partial charge in [0.15, 0.2) is 0 Å². The average Bonchev–Trinajstić information content (AvgIpc) is 3.06. The fourth-order valence-electron chi connectivity index (χ4n) is 4.07. The van der Waals surface area contributed by atoms with E-state index in [1.165, 1.54) is 4.90 Å². The first-order chi connectivity index (χ1) is 11.3. The number of aliphatic hydroxyl groups is 1. The maximum absolute atomic E-state index is 12.2. The van der Waals surface area contributed by atoms with Gasteiger partial charge in [0.1, 0.15) is 5.70 Å². The summed E-state index contributed by atoms with van der Waals surface area (Å²) in [6, 6.07) is 0.0349. The summed E-state index contributed by atoms with van der Waals surface area (Å²) in [7, 11) is 0. The number of amides is 1. The van der Waals surface area contributed by atoms with E-state index in [1.54, 1.807) is 6.92 Å². The van der Waals surface area contributed by atoms with Gasteiger partial charge in [0, 0.05) is 25.0 Å². The Labute approximate surface area is 141 Å². The Morgan fingerprint density at radius 3 is 2.67 bits per heavy atom. The fourth-order valence-corrected chi connectivity index (χ4v) is 4.07. The van der Waals surface area contributed by atoms with Gasteiger partial charge in [-0.25, -0.2) is 4.79 Å². The lowest BCUT2D eigenvalue weighted by atomic mass is 9.82. The van der Waals surface area contributed by atoms with Crippen LogP contribution in [0.4, 0.5) is 0 Å². The van der Waals surface area contributed by atoms with Crippen molar-refractivity contribution in [3.8, 4) is 0 Å². The van der Waals surface area contributed by atoms with Crippen LogP contribution in [0.5, 0.6) is 0 Å². The van der Waals surface area contributed by atoms with Gasteiger partial charge in [0.05, 0.1) is 24.4 Å². The third kappa shape index (κ3) is 2.70. The molecule has 0 saturated carbocycles. The second kappa shape index (κ2) is 6.20. The van der Waals surface area contributed by atoms with Gasteiger partial charge in [-0.1, -0.05) is 0 Å². The molecule has 0 aromatic rings. The van der Waals surface area contributed by atoms with Crippen molar-refractivity contribution >= 4 is 18.2 Å². The summed E-state index contributed by atoms with van der Waals surface area (Å²) >= 11 is 0. The Morgan fingerprint density at radius 2 is 2.08 bits per heavy atom. The minimum atomic E-state index is -1.04. The molecule has 132 valence electrons. The lowest BCUT2D eigenvalue weighted by molar-refractivity contribution is -0.161. The van der Waals surface area contributed by atoms with Crippen LogP contribution in [0.15, 0.2) is 16.3 Å². The second-order valence-electron chi connectivity index (χ2n) is 7.26. The van der Waals surface area contributed by atoms with Crippen molar-refractivity contribution in [2.75, 3.05) is 13.1 Å². The summed E-state index contributed by atoms with van der Waals surface area (Å²) in [5.41, 5.74) is 0.999. The van der Waals surface area contributed by atoms with Crippen molar-refractivity contribution in [3.63, 3.8) is 0 Å². The molecule has 0 radical (unpaired) electrons. The van der Waals surface area contributed by atoms with E-state index >= 15 is 0 Å². The van der Waals surface area contributed by atoms with Crippen molar-refractivity contribution < 1.29 is 19.8 Å². The molecule has 1 amide bonds. The number of aliphatic imine (C=N–C) groups is 1. The number of carboxylic acid groups (broad SMARTS) is 1. The first-order valence-electron chi connectivity index (χ1n) is 8.56. The molecule has 0 spiro atoms. The molecule has 0 aromatic heterocycles. The molecule has 7 heteroatoms. The molecule has 24 heavy (non-hydrogen) atoms. The van der Waals surface area contributed by atoms with Crippen LogP contribution in [0.3, 0.4) is 0 Å². The second-order valence-corrected chi connectivity index (χ2v) is 7.26. The third-order valence-corrected chi connectivity index (χ3v) is 5.21. The van der Waals surface area contributed by atoms with Crippen LogP contribution in [-0.2, 0) is 9.59 Å². The van der Waals surface area contributed by atoms with Crippen LogP contribution in [0.1, 0.15) is 33.6 Å². The number of aliphatic hydroxyl groups excluding tert-OH is 1. The van der Waals surface area contributed by atoms with Crippen LogP contribution in [0.2, 0.25) is 0 Å². The number of rotatable bonds is 5. The molecule has 3 aliphatic rings. The minimum absolute atomic E-state index is 0.128. The summed E-state index contributed by atoms with van der Waals surface area (Å²) in [5.74, 6) is -1.66. The highest BCUT2D eigenvalue weighted by molar-refractivity contribution is 5.99. The molecule has 2 N–H and O–H groups in total. The van der Waals surface area contributed by atoms with Crippen molar-refractivity contribution in [1.29, 1.82) is 0 Å². The van der Waals surface area contributed by atoms with Crippen LogP contribution in [0.25, 0.3) is 0 Å². The van der Waals surface area contributed by atoms with Gasteiger partial charge in [-0.2, -0.15) is 0 Å². The Morgan fingerprint density at radius 1 is 1.38 bits per heavy atom. The Bertz CT molecular complexity index is 611. The van der Waals surface area contributed by atoms with E-state index in [0.717, 1.165) is 25.1 Å². The molecule has 2 saturated heterocycles. The topological polar surface area (TPSA) is 93.4 Å². The number of β-lactam (4-membered cyclic amide) rings is 1. The van der Waals surface area contributed by atoms with Crippen molar-refractivity contribution in [3.05, 3.63) is 11.3 Å². The summed E-state index contributed by atoms with van der Waals surface area (Å²) in [5, 5.41) is 19.4. The predicted octanol–water partition coefficient (Wildman–Crippen LogP) is 0.695. The number of aliphatic carboxylic acids is 1. The van der Waals surface area contributed by atoms with Crippen molar-refractivity contribution in [2.24, 2.45) is 16.8 Å². The van der Waals surface area contributed by atoms with Crippen molar-refractivity contribution in [2.45, 2.75) is 51.8 Å². The minimum Gasteiger partial charge on any atom is -0.477 e. The zero-order chi connectivity index (χ0) is 17.6. The van der Waals surface area contributed by atoms with Gasteiger partial charge in [0.25, 0.3) is 0 Å². The zero-order valence-corrected chi connectivity index (χ0v) is 14.3. The normalized spacial score (nSPS) is 31.2. The van der Waals surface area contributed by atoms with Crippen molar-refractivity contribution in [1.82, 2.24) is 9.80 Å². The molecule has 3 rings (SSSR count). The summed E-state index contributed by atoms with van der Waals surface area (Å²) < 4.78 is 0. The molecule has 7 nitrogen and oxygen atoms in total. The molecular weight excluding hydrogens is 310 g/mol. The number of hydrogen-bond donors (Lipinski definition) is 2. The summed E-state index contributed by atoms with van der Waals surface area (Å²) in [6.45, 7) is 7.20. The number of carbonyl (C=O) groups excluding carboxylic acids is 1. The zero-order valence-electron chi connectivity index (χ0n) is 14.3. The molecule has 0 aromatic carbocycles. The monoisotopic (exact) mass is 335 g/mol. The largest absolute Gasteiger partial charge is 0.477 e. The molecule has 2 fully saturated rings. The first kappa shape index (κ1) is 17.0. The van der Waals surface area contributed by atoms with E-state index in [9.17, 15) is 19.8 Å². The lowest BCUT2D eigenvalue weighted by Crippen LogP contribution is -2.61. The van der Waals surface area contributed by atoms with E-state index in [1.807, 2.05) is 20.2 Å². The third-order valence-electron chi connectivity index (χ3n) is 5.21. The highest BCUT2D eigenvalue weighted by Crippen LogP contribution is 2.47. The highest BCUT2D eigenvalue weighted by Gasteiger charge is 2.57. The van der Waals surface area contributed by atoms with Gasteiger partial charge in [0.2, 0.25) is 5.91 Å². The standard InChI is InChI=1S/C17H25N3O4/c1-9(2)18-8-19-5-4-11(7-19)12-6-13-14(10(3)21)16(22)20(13)15(12)17(23)24/h8-11,13-14,21H,4-7H2,1-3H3,(H,23,24)/t10-,11-,13-,14-/m1/s1. The number of carbonyl (C=O) groups is 2. The van der Waals surface area contributed by atoms with Gasteiger partial charge >= 0.3 is 5.97 Å². The summed E-state index contributed by atoms with van der Waals surface area (Å²) in [6.07, 6.45) is 2.53. The highest BCUT2D eigenvalue weighted by atomic mass is 16.4. The van der Waals surface area contributed by atoms with Crippen LogP contribution in [-0.4, -0.2) is 69.5 Å². The van der Waals surface area contributed by atoms with E-state index < -0.39 is 18.0 Å². The summed E-state index contributed by atoms with van der Waals surface area (Å²) in [4.78, 5) is 31.8. The van der Waals surface area contributed by atoms with Gasteiger partial charge < -0.3 is 20.0 Å². The molecule has 3 heterocycles. The van der Waals surface area contributed by atoms with Crippen LogP contribution >= 0.6 is 0 Å². The van der Waals surface area contributed by atoms with Gasteiger partial charge in [-0.15, -0.1) is 0 Å². The Balaban J connectivity index is 1.78. The van der Waals surface area contributed by atoms with E-state index in [-0.39, 0.29) is 29.6 Å². The first-order valence-corrected chi connectivity index (χ1v) is 8.56. The van der Waals surface area contributed by atoms with E-state index in [2.05, 4.69) is 9.89 Å². The van der Waals surface area contributed by atoms with Crippen LogP contribution < -0.4 is 0 Å². The molecule has 0 unspecified atom stereocenters. The number of nitrogens with zero attached hydrogens (tertiary/aromatic N) is 3. The SMILES string of the molecule is CC(C)N=CN1CC[C@@H](C2=C(C(=O)O)N3C(=O)[C@H]([C@@H](C)O)[C@H]3C2)C1. The molecule has 3 aliphatic heterocycles. The number of carboxylic acids is 1. The predicted molar refractivity (Wildman–Crippen MR) is 88.4 cm³/mol. The Kier molecular flexibility index (Phi) is 4.38. The molecule has 0 bridgehead atoms. The van der Waals surface area contributed by atoms with Gasteiger partial charge in [-0.05, 0) is 39.2 Å². The molecular formula is C17H25N3O4.